The van der Waals surface area contributed by atoms with Gasteiger partial charge in [-0.25, -0.2) is 4.79 Å². The Kier molecular flexibility index (Phi) is 4.07. The third kappa shape index (κ3) is 4.12. The summed E-state index contributed by atoms with van der Waals surface area (Å²) in [6.07, 6.45) is -4.30. The van der Waals surface area contributed by atoms with Crippen molar-refractivity contribution in [3.63, 3.8) is 0 Å². The Hall–Kier alpha value is -2.23. The Morgan fingerprint density at radius 1 is 1.38 bits per heavy atom. The number of benzene rings is 1. The number of ether oxygens (including phenoxy) is 2. The van der Waals surface area contributed by atoms with Gasteiger partial charge in [-0.15, -0.1) is 13.2 Å². The topological polar surface area (TPSA) is 81.8 Å². The lowest BCUT2D eigenvalue weighted by molar-refractivity contribution is -0.274. The molecule has 0 radical (unpaired) electrons. The van der Waals surface area contributed by atoms with Gasteiger partial charge in [-0.2, -0.15) is 4.98 Å². The minimum Gasteiger partial charge on any atom is -0.476 e. The lowest BCUT2D eigenvalue weighted by Gasteiger charge is -2.11. The van der Waals surface area contributed by atoms with Crippen LogP contribution in [0.2, 0.25) is 0 Å². The fraction of sp³-hybridized carbons (Fsp3) is 0.0909. The van der Waals surface area contributed by atoms with E-state index in [0.29, 0.717) is 0 Å². The Bertz CT molecular complexity index is 670. The highest BCUT2D eigenvalue weighted by atomic mass is 79.9. The highest BCUT2D eigenvalue weighted by molar-refractivity contribution is 9.10. The molecule has 1 N–H and O–H groups in total. The van der Waals surface area contributed by atoms with Crippen molar-refractivity contribution in [2.24, 2.45) is 0 Å². The largest absolute Gasteiger partial charge is 0.573 e. The number of oxazole rings is 1. The van der Waals surface area contributed by atoms with E-state index in [0.717, 1.165) is 12.3 Å². The maximum absolute atomic E-state index is 12.1. The molecule has 0 atom stereocenters. The van der Waals surface area contributed by atoms with Crippen molar-refractivity contribution in [1.29, 1.82) is 0 Å². The predicted molar refractivity (Wildman–Crippen MR) is 64.4 cm³/mol. The molecule has 1 aromatic carbocycles. The molecule has 0 saturated heterocycles. The number of carbonyl (C=O) groups is 1. The molecular formula is C11H5BrF3NO5. The van der Waals surface area contributed by atoms with Crippen LogP contribution in [0.1, 0.15) is 10.5 Å². The van der Waals surface area contributed by atoms with Gasteiger partial charge < -0.3 is 19.0 Å². The number of halogens is 4. The third-order valence-corrected chi connectivity index (χ3v) is 2.66. The van der Waals surface area contributed by atoms with Crippen molar-refractivity contribution >= 4 is 21.9 Å². The zero-order chi connectivity index (χ0) is 15.6. The number of aromatic nitrogens is 1. The van der Waals surface area contributed by atoms with Crippen LogP contribution in [0.15, 0.2) is 33.4 Å². The van der Waals surface area contributed by atoms with E-state index in [1.165, 1.54) is 12.1 Å². The minimum absolute atomic E-state index is 0.0117. The quantitative estimate of drug-likeness (QED) is 0.884. The normalized spacial score (nSPS) is 11.2. The lowest BCUT2D eigenvalue weighted by atomic mass is 10.3. The molecule has 10 heteroatoms. The Morgan fingerprint density at radius 2 is 2.10 bits per heavy atom. The van der Waals surface area contributed by atoms with Gasteiger partial charge in [0.15, 0.2) is 5.69 Å². The molecule has 0 fully saturated rings. The second-order valence-electron chi connectivity index (χ2n) is 3.55. The van der Waals surface area contributed by atoms with E-state index >= 15 is 0 Å². The number of carboxylic acid groups (broad SMARTS) is 1. The summed E-state index contributed by atoms with van der Waals surface area (Å²) in [5.41, 5.74) is -0.360. The summed E-state index contributed by atoms with van der Waals surface area (Å²) in [6, 6.07) is 3.39. The zero-order valence-corrected chi connectivity index (χ0v) is 11.4. The van der Waals surface area contributed by atoms with Crippen molar-refractivity contribution in [3.8, 4) is 17.6 Å². The summed E-state index contributed by atoms with van der Waals surface area (Å²) in [4.78, 5) is 14.1. The summed E-state index contributed by atoms with van der Waals surface area (Å²) in [5, 5.41) is 8.64. The Morgan fingerprint density at radius 3 is 2.62 bits per heavy atom. The monoisotopic (exact) mass is 367 g/mol. The van der Waals surface area contributed by atoms with Gasteiger partial charge in [0.25, 0.3) is 0 Å². The molecule has 0 aliphatic rings. The fourth-order valence-electron chi connectivity index (χ4n) is 1.26. The molecule has 0 aliphatic heterocycles. The first-order chi connectivity index (χ1) is 9.74. The van der Waals surface area contributed by atoms with Gasteiger partial charge in [-0.05, 0) is 34.1 Å². The maximum atomic E-state index is 12.1. The summed E-state index contributed by atoms with van der Waals surface area (Å²) in [7, 11) is 0. The van der Waals surface area contributed by atoms with Crippen molar-refractivity contribution < 1.29 is 37.0 Å². The Labute approximate surface area is 123 Å². The van der Waals surface area contributed by atoms with Crippen molar-refractivity contribution in [2.45, 2.75) is 6.36 Å². The molecule has 0 aliphatic carbocycles. The number of carboxylic acids is 1. The van der Waals surface area contributed by atoms with Crippen LogP contribution in [0, 0.1) is 0 Å². The fourth-order valence-corrected chi connectivity index (χ4v) is 1.69. The minimum atomic E-state index is -4.82. The summed E-state index contributed by atoms with van der Waals surface area (Å²) >= 11 is 2.89. The molecule has 0 saturated carbocycles. The number of aromatic carboxylic acids is 1. The Balaban J connectivity index is 2.14. The van der Waals surface area contributed by atoms with Crippen LogP contribution in [-0.4, -0.2) is 22.4 Å². The van der Waals surface area contributed by atoms with Crippen molar-refractivity contribution in [1.82, 2.24) is 4.98 Å². The van der Waals surface area contributed by atoms with Gasteiger partial charge in [0.1, 0.15) is 17.8 Å². The first kappa shape index (κ1) is 15.2. The number of rotatable bonds is 4. The smallest absolute Gasteiger partial charge is 0.476 e. The van der Waals surface area contributed by atoms with Crippen LogP contribution in [0.25, 0.3) is 0 Å². The highest BCUT2D eigenvalue weighted by Gasteiger charge is 2.32. The van der Waals surface area contributed by atoms with Gasteiger partial charge in [-0.3, -0.25) is 0 Å². The maximum Gasteiger partial charge on any atom is 0.573 e. The van der Waals surface area contributed by atoms with Gasteiger partial charge in [-0.1, -0.05) is 0 Å². The van der Waals surface area contributed by atoms with Gasteiger partial charge >= 0.3 is 18.4 Å². The van der Waals surface area contributed by atoms with E-state index in [-0.39, 0.29) is 22.0 Å². The third-order valence-electron chi connectivity index (χ3n) is 2.04. The summed E-state index contributed by atoms with van der Waals surface area (Å²) < 4.78 is 49.8. The lowest BCUT2D eigenvalue weighted by Crippen LogP contribution is -2.17. The molecule has 112 valence electrons. The van der Waals surface area contributed by atoms with E-state index < -0.39 is 18.1 Å². The van der Waals surface area contributed by atoms with Gasteiger partial charge in [0, 0.05) is 0 Å². The molecule has 6 nitrogen and oxygen atoms in total. The number of alkyl halides is 3. The standard InChI is InChI=1S/C11H5BrF3NO5/c12-6-3-5(1-2-8(6)21-11(13,14)15)20-10-16-7(4-19-10)9(17)18/h1-4H,(H,17,18). The molecule has 0 unspecified atom stereocenters. The van der Waals surface area contributed by atoms with Gasteiger partial charge in [0.2, 0.25) is 0 Å². The van der Waals surface area contributed by atoms with Crippen LogP contribution >= 0.6 is 15.9 Å². The molecule has 1 heterocycles. The first-order valence-corrected chi connectivity index (χ1v) is 5.96. The van der Waals surface area contributed by atoms with Crippen LogP contribution in [0.4, 0.5) is 13.2 Å². The summed E-state index contributed by atoms with van der Waals surface area (Å²) in [6.45, 7) is 0. The summed E-state index contributed by atoms with van der Waals surface area (Å²) in [5.74, 6) is -1.67. The zero-order valence-electron chi connectivity index (χ0n) is 9.85. The molecule has 1 aromatic heterocycles. The van der Waals surface area contributed by atoms with Crippen LogP contribution < -0.4 is 9.47 Å². The molecule has 2 rings (SSSR count). The average molecular weight is 368 g/mol. The number of hydrogen-bond donors (Lipinski definition) is 1. The number of hydrogen-bond acceptors (Lipinski definition) is 5. The molecule has 0 spiro atoms. The second-order valence-corrected chi connectivity index (χ2v) is 4.40. The predicted octanol–water partition coefficient (Wildman–Crippen LogP) is 3.83. The van der Waals surface area contributed by atoms with E-state index in [1.807, 2.05) is 0 Å². The van der Waals surface area contributed by atoms with Crippen molar-refractivity contribution in [3.05, 3.63) is 34.6 Å². The van der Waals surface area contributed by atoms with Crippen LogP contribution in [0.5, 0.6) is 17.6 Å². The van der Waals surface area contributed by atoms with E-state index in [4.69, 9.17) is 14.3 Å². The number of nitrogens with zero attached hydrogens (tertiary/aromatic N) is 1. The van der Waals surface area contributed by atoms with E-state index in [2.05, 4.69) is 25.7 Å². The molecule has 0 amide bonds. The molecule has 21 heavy (non-hydrogen) atoms. The van der Waals surface area contributed by atoms with Crippen LogP contribution in [0.3, 0.4) is 0 Å². The average Bonchev–Trinajstić information content (AvgIpc) is 2.80. The molecular weight excluding hydrogens is 363 g/mol. The van der Waals surface area contributed by atoms with E-state index in [1.54, 1.807) is 0 Å². The van der Waals surface area contributed by atoms with Crippen molar-refractivity contribution in [2.75, 3.05) is 0 Å². The first-order valence-electron chi connectivity index (χ1n) is 5.16. The SMILES string of the molecule is O=C(O)c1coc(Oc2ccc(OC(F)(F)F)c(Br)c2)n1. The molecule has 2 aromatic rings. The van der Waals surface area contributed by atoms with Gasteiger partial charge in [0.05, 0.1) is 4.47 Å². The van der Waals surface area contributed by atoms with E-state index in [9.17, 15) is 18.0 Å². The van der Waals surface area contributed by atoms with Crippen LogP contribution in [-0.2, 0) is 0 Å². The highest BCUT2D eigenvalue weighted by Crippen LogP contribution is 2.34. The molecule has 0 bridgehead atoms. The second kappa shape index (κ2) is 5.64.